The Kier molecular flexibility index (Phi) is 11.4. The molecule has 0 spiro atoms. The van der Waals surface area contributed by atoms with Gasteiger partial charge in [0.1, 0.15) is 0 Å². The van der Waals surface area contributed by atoms with Crippen molar-refractivity contribution < 1.29 is 9.47 Å². The van der Waals surface area contributed by atoms with Gasteiger partial charge >= 0.3 is 0 Å². The van der Waals surface area contributed by atoms with Gasteiger partial charge < -0.3 is 20.5 Å². The average Bonchev–Trinajstić information content (AvgIpc) is 2.33. The second-order valence-electron chi connectivity index (χ2n) is 5.64. The van der Waals surface area contributed by atoms with Gasteiger partial charge in [0.05, 0.1) is 18.8 Å². The summed E-state index contributed by atoms with van der Waals surface area (Å²) in [5.74, 6) is 0.498. The zero-order chi connectivity index (χ0) is 15.0. The molecule has 1 heterocycles. The van der Waals surface area contributed by atoms with E-state index < -0.39 is 0 Å². The smallest absolute Gasteiger partial charge is 0.188 e. The number of halogens is 1. The Balaban J connectivity index is 0.00000400. The highest BCUT2D eigenvalue weighted by Gasteiger charge is 2.21. The number of ether oxygens (including phenoxy) is 2. The quantitative estimate of drug-likeness (QED) is 0.282. The summed E-state index contributed by atoms with van der Waals surface area (Å²) in [5, 5.41) is 3.10. The number of nitrogens with one attached hydrogen (secondary N) is 1. The van der Waals surface area contributed by atoms with Crippen LogP contribution in [0.1, 0.15) is 27.2 Å². The summed E-state index contributed by atoms with van der Waals surface area (Å²) in [4.78, 5) is 6.77. The van der Waals surface area contributed by atoms with Crippen LogP contribution in [0.3, 0.4) is 0 Å². The van der Waals surface area contributed by atoms with E-state index in [-0.39, 0.29) is 30.0 Å². The number of nitrogens with zero attached hydrogens (tertiary/aromatic N) is 2. The first-order chi connectivity index (χ1) is 9.51. The lowest BCUT2D eigenvalue weighted by atomic mass is 10.2. The maximum absolute atomic E-state index is 5.82. The molecule has 3 atom stereocenters. The number of morpholine rings is 1. The summed E-state index contributed by atoms with van der Waals surface area (Å²) < 4.78 is 10.8. The van der Waals surface area contributed by atoms with Gasteiger partial charge in [0.25, 0.3) is 0 Å². The number of nitrogens with two attached hydrogens (primary N) is 1. The van der Waals surface area contributed by atoms with E-state index in [1.54, 1.807) is 7.11 Å². The fourth-order valence-corrected chi connectivity index (χ4v) is 2.55. The van der Waals surface area contributed by atoms with Gasteiger partial charge in [0.2, 0.25) is 0 Å². The van der Waals surface area contributed by atoms with E-state index in [4.69, 9.17) is 15.2 Å². The third-order valence-corrected chi connectivity index (χ3v) is 3.22. The summed E-state index contributed by atoms with van der Waals surface area (Å²) in [6.45, 7) is 10.7. The first-order valence-corrected chi connectivity index (χ1v) is 7.44. The molecule has 3 unspecified atom stereocenters. The monoisotopic (exact) mass is 414 g/mol. The molecule has 3 N–H and O–H groups in total. The molecular weight excluding hydrogens is 383 g/mol. The molecule has 7 heteroatoms. The fraction of sp³-hybridized carbons (Fsp3) is 0.929. The highest BCUT2D eigenvalue weighted by Crippen LogP contribution is 2.10. The molecule has 0 saturated carbocycles. The Hall–Kier alpha value is -0.120. The second kappa shape index (κ2) is 11.4. The minimum atomic E-state index is 0. The Morgan fingerprint density at radius 1 is 1.43 bits per heavy atom. The van der Waals surface area contributed by atoms with Gasteiger partial charge in [0.15, 0.2) is 5.96 Å². The first-order valence-electron chi connectivity index (χ1n) is 7.44. The molecule has 0 amide bonds. The van der Waals surface area contributed by atoms with Crippen LogP contribution in [0.5, 0.6) is 0 Å². The van der Waals surface area contributed by atoms with Gasteiger partial charge in [-0.2, -0.15) is 0 Å². The molecule has 1 aliphatic heterocycles. The summed E-state index contributed by atoms with van der Waals surface area (Å²) in [5.41, 5.74) is 5.82. The highest BCUT2D eigenvalue weighted by atomic mass is 127. The van der Waals surface area contributed by atoms with E-state index in [9.17, 15) is 0 Å². The minimum absolute atomic E-state index is 0. The molecule has 0 radical (unpaired) electrons. The van der Waals surface area contributed by atoms with E-state index in [2.05, 4.69) is 29.1 Å². The van der Waals surface area contributed by atoms with E-state index in [1.165, 1.54) is 0 Å². The van der Waals surface area contributed by atoms with Gasteiger partial charge in [-0.15, -0.1) is 24.0 Å². The Bertz CT molecular complexity index is 295. The van der Waals surface area contributed by atoms with E-state index in [0.717, 1.165) is 32.6 Å². The van der Waals surface area contributed by atoms with E-state index >= 15 is 0 Å². The number of methoxy groups -OCH3 is 1. The van der Waals surface area contributed by atoms with Crippen molar-refractivity contribution in [1.29, 1.82) is 0 Å². The standard InChI is InChI=1S/C14H30N4O2.HI/c1-11(10-19-4)17-14(15)16-6-5-7-18-8-12(2)20-13(3)9-18;/h11-13H,5-10H2,1-4H3,(H3,15,16,17);1H. The van der Waals surface area contributed by atoms with Gasteiger partial charge in [-0.25, -0.2) is 0 Å². The summed E-state index contributed by atoms with van der Waals surface area (Å²) in [7, 11) is 1.68. The van der Waals surface area contributed by atoms with Crippen molar-refractivity contribution in [2.75, 3.05) is 39.9 Å². The summed E-state index contributed by atoms with van der Waals surface area (Å²) >= 11 is 0. The second-order valence-corrected chi connectivity index (χ2v) is 5.64. The molecule has 0 bridgehead atoms. The molecule has 126 valence electrons. The number of rotatable bonds is 7. The van der Waals surface area contributed by atoms with Crippen molar-refractivity contribution in [3.05, 3.63) is 0 Å². The maximum Gasteiger partial charge on any atom is 0.188 e. The first kappa shape index (κ1) is 20.9. The van der Waals surface area contributed by atoms with Gasteiger partial charge in [-0.1, -0.05) is 0 Å². The number of aliphatic imine (C=N–C) groups is 1. The Labute approximate surface area is 145 Å². The summed E-state index contributed by atoms with van der Waals surface area (Å²) in [6.07, 6.45) is 1.66. The van der Waals surface area contributed by atoms with Crippen LogP contribution in [0.25, 0.3) is 0 Å². The third kappa shape index (κ3) is 9.49. The predicted octanol–water partition coefficient (Wildman–Crippen LogP) is 1.04. The van der Waals surface area contributed by atoms with Crippen LogP contribution >= 0.6 is 24.0 Å². The number of guanidine groups is 1. The minimum Gasteiger partial charge on any atom is -0.383 e. The van der Waals surface area contributed by atoms with Crippen molar-refractivity contribution in [1.82, 2.24) is 10.2 Å². The van der Waals surface area contributed by atoms with Crippen LogP contribution in [0, 0.1) is 0 Å². The lowest BCUT2D eigenvalue weighted by molar-refractivity contribution is -0.0679. The van der Waals surface area contributed by atoms with Crippen LogP contribution in [0.15, 0.2) is 4.99 Å². The molecule has 6 nitrogen and oxygen atoms in total. The predicted molar refractivity (Wildman–Crippen MR) is 97.4 cm³/mol. The van der Waals surface area contributed by atoms with Gasteiger partial charge in [0, 0.05) is 39.3 Å². The molecule has 1 fully saturated rings. The number of hydrogen-bond donors (Lipinski definition) is 2. The van der Waals surface area contributed by atoms with Crippen LogP contribution in [-0.4, -0.2) is 69.0 Å². The third-order valence-electron chi connectivity index (χ3n) is 3.22. The Morgan fingerprint density at radius 2 is 2.05 bits per heavy atom. The van der Waals surface area contributed by atoms with Gasteiger partial charge in [-0.3, -0.25) is 9.89 Å². The summed E-state index contributed by atoms with van der Waals surface area (Å²) in [6, 6.07) is 0.185. The van der Waals surface area contributed by atoms with Crippen molar-refractivity contribution in [3.8, 4) is 0 Å². The van der Waals surface area contributed by atoms with Crippen molar-refractivity contribution >= 4 is 29.9 Å². The van der Waals surface area contributed by atoms with E-state index in [1.807, 2.05) is 6.92 Å². The Morgan fingerprint density at radius 3 is 2.62 bits per heavy atom. The largest absolute Gasteiger partial charge is 0.383 e. The SMILES string of the molecule is COCC(C)NC(N)=NCCCN1CC(C)OC(C)C1.I. The van der Waals surface area contributed by atoms with Crippen LogP contribution in [-0.2, 0) is 9.47 Å². The molecule has 21 heavy (non-hydrogen) atoms. The molecular formula is C14H31IN4O2. The molecule has 1 rings (SSSR count). The normalized spacial score (nSPS) is 25.2. The topological polar surface area (TPSA) is 72.1 Å². The van der Waals surface area contributed by atoms with Crippen LogP contribution in [0.4, 0.5) is 0 Å². The lowest BCUT2D eigenvalue weighted by Crippen LogP contribution is -2.45. The fourth-order valence-electron chi connectivity index (χ4n) is 2.55. The zero-order valence-corrected chi connectivity index (χ0v) is 16.0. The average molecular weight is 414 g/mol. The van der Waals surface area contributed by atoms with Crippen molar-refractivity contribution in [3.63, 3.8) is 0 Å². The van der Waals surface area contributed by atoms with Crippen molar-refractivity contribution in [2.24, 2.45) is 10.7 Å². The van der Waals surface area contributed by atoms with Gasteiger partial charge in [-0.05, 0) is 27.2 Å². The number of hydrogen-bond acceptors (Lipinski definition) is 4. The lowest BCUT2D eigenvalue weighted by Gasteiger charge is -2.35. The van der Waals surface area contributed by atoms with Crippen LogP contribution in [0.2, 0.25) is 0 Å². The van der Waals surface area contributed by atoms with Crippen LogP contribution < -0.4 is 11.1 Å². The zero-order valence-electron chi connectivity index (χ0n) is 13.7. The molecule has 0 aromatic rings. The molecule has 1 saturated heterocycles. The van der Waals surface area contributed by atoms with Crippen molar-refractivity contribution in [2.45, 2.75) is 45.4 Å². The van der Waals surface area contributed by atoms with E-state index in [0.29, 0.717) is 24.8 Å². The highest BCUT2D eigenvalue weighted by molar-refractivity contribution is 14.0. The maximum atomic E-state index is 5.82. The molecule has 1 aliphatic rings. The molecule has 0 aliphatic carbocycles. The molecule has 0 aromatic carbocycles. The molecule has 0 aromatic heterocycles.